The fraction of sp³-hybridized carbons (Fsp3) is 0.368. The van der Waals surface area contributed by atoms with Crippen LogP contribution in [-0.2, 0) is 4.79 Å². The average Bonchev–Trinajstić information content (AvgIpc) is 2.61. The predicted molar refractivity (Wildman–Crippen MR) is 96.1 cm³/mol. The summed E-state index contributed by atoms with van der Waals surface area (Å²) in [5.74, 6) is -0.0536. The van der Waals surface area contributed by atoms with Gasteiger partial charge < -0.3 is 21.1 Å². The van der Waals surface area contributed by atoms with Crippen molar-refractivity contribution in [1.82, 2.24) is 10.2 Å². The number of hydrogen-bond acceptors (Lipinski definition) is 3. The normalized spacial score (nSPS) is 20.4. The molecule has 3 rings (SSSR count). The zero-order chi connectivity index (χ0) is 17.8. The molecule has 1 aliphatic heterocycles. The number of hydrogen-bond donors (Lipinski definition) is 3. The highest BCUT2D eigenvalue weighted by atomic mass is 16.3. The molecule has 2 aromatic rings. The maximum atomic E-state index is 12.2. The van der Waals surface area contributed by atoms with Crippen LogP contribution in [0.15, 0.2) is 42.5 Å². The molecule has 6 heteroatoms. The third-order valence-electron chi connectivity index (χ3n) is 4.77. The van der Waals surface area contributed by atoms with Gasteiger partial charge in [0.15, 0.2) is 0 Å². The first kappa shape index (κ1) is 17.2. The molecule has 2 unspecified atom stereocenters. The zero-order valence-corrected chi connectivity index (χ0v) is 14.0. The number of nitrogens with one attached hydrogen (secondary N) is 1. The number of amides is 3. The maximum absolute atomic E-state index is 12.2. The molecular weight excluding hydrogens is 318 g/mol. The maximum Gasteiger partial charge on any atom is 0.312 e. The molecule has 2 atom stereocenters. The largest absolute Gasteiger partial charge is 0.391 e. The first-order valence-corrected chi connectivity index (χ1v) is 8.52. The number of fused-ring (bicyclic) bond motifs is 1. The summed E-state index contributed by atoms with van der Waals surface area (Å²) in [7, 11) is 0. The summed E-state index contributed by atoms with van der Waals surface area (Å²) < 4.78 is 0. The molecule has 2 aromatic carbocycles. The molecule has 1 fully saturated rings. The highest BCUT2D eigenvalue weighted by Crippen LogP contribution is 2.30. The topological polar surface area (TPSA) is 95.7 Å². The van der Waals surface area contributed by atoms with Gasteiger partial charge in [0.05, 0.1) is 6.10 Å². The van der Waals surface area contributed by atoms with Crippen molar-refractivity contribution in [2.45, 2.75) is 24.9 Å². The lowest BCUT2D eigenvalue weighted by molar-refractivity contribution is -0.134. The summed E-state index contributed by atoms with van der Waals surface area (Å²) in [6.45, 7) is 1.13. The van der Waals surface area contributed by atoms with Crippen LogP contribution in [0.5, 0.6) is 0 Å². The van der Waals surface area contributed by atoms with Crippen molar-refractivity contribution in [3.05, 3.63) is 48.0 Å². The van der Waals surface area contributed by atoms with Crippen molar-refractivity contribution in [3.8, 4) is 0 Å². The number of aliphatic hydroxyl groups excluding tert-OH is 1. The first-order chi connectivity index (χ1) is 12.0. The second-order valence-electron chi connectivity index (χ2n) is 6.45. The molecule has 3 amide bonds. The second kappa shape index (κ2) is 7.53. The van der Waals surface area contributed by atoms with E-state index in [1.807, 2.05) is 12.1 Å². The Morgan fingerprint density at radius 1 is 1.20 bits per heavy atom. The van der Waals surface area contributed by atoms with Gasteiger partial charge in [-0.3, -0.25) is 4.79 Å². The lowest BCUT2D eigenvalue weighted by atomic mass is 9.86. The smallest absolute Gasteiger partial charge is 0.312 e. The zero-order valence-electron chi connectivity index (χ0n) is 14.0. The predicted octanol–water partition coefficient (Wildman–Crippen LogP) is 1.58. The van der Waals surface area contributed by atoms with Crippen molar-refractivity contribution in [3.63, 3.8) is 0 Å². The number of aliphatic hydroxyl groups is 1. The van der Waals surface area contributed by atoms with Gasteiger partial charge in [0, 0.05) is 32.0 Å². The molecular formula is C19H23N3O3. The Balaban J connectivity index is 1.62. The van der Waals surface area contributed by atoms with E-state index < -0.39 is 12.1 Å². The van der Waals surface area contributed by atoms with E-state index in [9.17, 15) is 14.7 Å². The summed E-state index contributed by atoms with van der Waals surface area (Å²) in [5.41, 5.74) is 6.09. The highest BCUT2D eigenvalue weighted by molar-refractivity contribution is 5.83. The van der Waals surface area contributed by atoms with Gasteiger partial charge in [-0.2, -0.15) is 0 Å². The Labute approximate surface area is 146 Å². The van der Waals surface area contributed by atoms with E-state index in [1.165, 1.54) is 5.39 Å². The minimum absolute atomic E-state index is 0.0254. The number of piperidine rings is 1. The minimum Gasteiger partial charge on any atom is -0.391 e. The number of rotatable bonds is 4. The number of primary amides is 1. The fourth-order valence-corrected chi connectivity index (χ4v) is 3.44. The number of urea groups is 1. The van der Waals surface area contributed by atoms with Gasteiger partial charge in [-0.05, 0) is 22.8 Å². The molecule has 0 aliphatic carbocycles. The highest BCUT2D eigenvalue weighted by Gasteiger charge is 2.30. The Bertz CT molecular complexity index is 777. The Hall–Kier alpha value is -2.60. The quantitative estimate of drug-likeness (QED) is 0.788. The number of β-amino-alcohol motifs (C(OH)–C–C–N with tert-alkyl or cyclic N) is 1. The molecule has 6 nitrogen and oxygen atoms in total. The average molecular weight is 341 g/mol. The van der Waals surface area contributed by atoms with Crippen molar-refractivity contribution < 1.29 is 14.7 Å². The van der Waals surface area contributed by atoms with Gasteiger partial charge in [-0.1, -0.05) is 42.5 Å². The third-order valence-corrected chi connectivity index (χ3v) is 4.77. The lowest BCUT2D eigenvalue weighted by Gasteiger charge is -2.36. The van der Waals surface area contributed by atoms with E-state index in [4.69, 9.17) is 5.73 Å². The Morgan fingerprint density at radius 3 is 2.68 bits per heavy atom. The van der Waals surface area contributed by atoms with Crippen LogP contribution in [0.2, 0.25) is 0 Å². The lowest BCUT2D eigenvalue weighted by Crippen LogP contribution is -2.46. The van der Waals surface area contributed by atoms with Gasteiger partial charge in [0.2, 0.25) is 5.91 Å². The Kier molecular flexibility index (Phi) is 5.19. The minimum atomic E-state index is -0.636. The summed E-state index contributed by atoms with van der Waals surface area (Å²) >= 11 is 0. The van der Waals surface area contributed by atoms with E-state index in [0.29, 0.717) is 19.5 Å². The van der Waals surface area contributed by atoms with Gasteiger partial charge in [0.25, 0.3) is 0 Å². The van der Waals surface area contributed by atoms with Crippen molar-refractivity contribution in [2.24, 2.45) is 5.73 Å². The first-order valence-electron chi connectivity index (χ1n) is 8.52. The van der Waals surface area contributed by atoms with E-state index in [0.717, 1.165) is 10.9 Å². The summed E-state index contributed by atoms with van der Waals surface area (Å²) in [6, 6.07) is 13.8. The molecule has 25 heavy (non-hydrogen) atoms. The number of likely N-dealkylation sites (tertiary alicyclic amines) is 1. The van der Waals surface area contributed by atoms with Crippen LogP contribution in [0.3, 0.4) is 0 Å². The van der Waals surface area contributed by atoms with Crippen LogP contribution >= 0.6 is 0 Å². The van der Waals surface area contributed by atoms with Crippen LogP contribution in [-0.4, -0.2) is 47.7 Å². The number of carbonyl (C=O) groups excluding carboxylic acids is 2. The summed E-state index contributed by atoms with van der Waals surface area (Å²) in [4.78, 5) is 24.5. The number of nitrogens with two attached hydrogens (primary N) is 1. The molecule has 0 radical (unpaired) electrons. The Morgan fingerprint density at radius 2 is 1.96 bits per heavy atom. The standard InChI is InChI=1S/C19H23N3O3/c20-19(25)21-9-7-18(24)22-10-8-16(17(23)12-22)15-6-5-13-3-1-2-4-14(13)11-15/h1-6,11,16-17,23H,7-10,12H2,(H3,20,21,25). The second-order valence-corrected chi connectivity index (χ2v) is 6.45. The summed E-state index contributed by atoms with van der Waals surface area (Å²) in [5, 5.41) is 15.3. The van der Waals surface area contributed by atoms with Crippen molar-refractivity contribution in [1.29, 1.82) is 0 Å². The molecule has 1 saturated heterocycles. The SMILES string of the molecule is NC(=O)NCCC(=O)N1CCC(c2ccc3ccccc3c2)C(O)C1. The van der Waals surface area contributed by atoms with E-state index in [1.54, 1.807) is 4.90 Å². The molecule has 132 valence electrons. The van der Waals surface area contributed by atoms with Gasteiger partial charge in [-0.15, -0.1) is 0 Å². The van der Waals surface area contributed by atoms with Crippen LogP contribution in [0.1, 0.15) is 24.3 Å². The van der Waals surface area contributed by atoms with E-state index in [-0.39, 0.29) is 24.8 Å². The van der Waals surface area contributed by atoms with Gasteiger partial charge >= 0.3 is 6.03 Å². The van der Waals surface area contributed by atoms with Crippen LogP contribution in [0.25, 0.3) is 10.8 Å². The van der Waals surface area contributed by atoms with Crippen LogP contribution in [0, 0.1) is 0 Å². The summed E-state index contributed by atoms with van der Waals surface area (Å²) in [6.07, 6.45) is 0.313. The molecule has 1 aliphatic rings. The van der Waals surface area contributed by atoms with Gasteiger partial charge in [0.1, 0.15) is 0 Å². The molecule has 0 bridgehead atoms. The number of nitrogens with zero attached hydrogens (tertiary/aromatic N) is 1. The molecule has 0 spiro atoms. The number of benzene rings is 2. The van der Waals surface area contributed by atoms with Crippen molar-refractivity contribution >= 4 is 22.7 Å². The molecule has 1 heterocycles. The number of carbonyl (C=O) groups is 2. The molecule has 0 saturated carbocycles. The van der Waals surface area contributed by atoms with Crippen molar-refractivity contribution in [2.75, 3.05) is 19.6 Å². The monoisotopic (exact) mass is 341 g/mol. The third kappa shape index (κ3) is 4.09. The van der Waals surface area contributed by atoms with Crippen LogP contribution < -0.4 is 11.1 Å². The molecule has 0 aromatic heterocycles. The fourth-order valence-electron chi connectivity index (χ4n) is 3.44. The van der Waals surface area contributed by atoms with E-state index >= 15 is 0 Å². The van der Waals surface area contributed by atoms with Crippen LogP contribution in [0.4, 0.5) is 4.79 Å². The molecule has 4 N–H and O–H groups in total. The van der Waals surface area contributed by atoms with E-state index in [2.05, 4.69) is 35.6 Å². The van der Waals surface area contributed by atoms with Gasteiger partial charge in [-0.25, -0.2) is 4.79 Å².